The number of sulfonamides is 1. The van der Waals surface area contributed by atoms with Crippen LogP contribution >= 0.6 is 24.8 Å². The molecular weight excluding hydrogens is 369 g/mol. The molecule has 140 valence electrons. The molecule has 1 aliphatic rings. The third-order valence-electron chi connectivity index (χ3n) is 4.30. The fourth-order valence-corrected chi connectivity index (χ4v) is 3.59. The molecule has 1 atom stereocenters. The zero-order chi connectivity index (χ0) is 16.0. The molecule has 1 fully saturated rings. The first-order valence-electron chi connectivity index (χ1n) is 8.05. The first kappa shape index (κ1) is 23.6. The molecule has 1 heterocycles. The molecule has 1 aromatic rings. The molecule has 2 N–H and O–H groups in total. The highest BCUT2D eigenvalue weighted by Crippen LogP contribution is 2.20. The van der Waals surface area contributed by atoms with Crippen LogP contribution in [-0.2, 0) is 10.0 Å². The van der Waals surface area contributed by atoms with Crippen LogP contribution in [0.25, 0.3) is 0 Å². The highest BCUT2D eigenvalue weighted by molar-refractivity contribution is 7.89. The fraction of sp³-hybridized carbons (Fsp3) is 0.625. The number of nitrogens with one attached hydrogen (secondary N) is 2. The summed E-state index contributed by atoms with van der Waals surface area (Å²) in [7, 11) is -3.40. The molecule has 0 saturated carbocycles. The average molecular weight is 398 g/mol. The Kier molecular flexibility index (Phi) is 11.1. The molecule has 0 radical (unpaired) electrons. The van der Waals surface area contributed by atoms with Crippen LogP contribution in [0.3, 0.4) is 0 Å². The van der Waals surface area contributed by atoms with E-state index in [1.165, 1.54) is 5.56 Å². The number of halogens is 2. The summed E-state index contributed by atoms with van der Waals surface area (Å²) in [5, 5.41) is 3.29. The summed E-state index contributed by atoms with van der Waals surface area (Å²) in [5.41, 5.74) is 1.18. The van der Waals surface area contributed by atoms with Gasteiger partial charge in [0.1, 0.15) is 0 Å². The lowest BCUT2D eigenvalue weighted by molar-refractivity contribution is 0.245. The van der Waals surface area contributed by atoms with Crippen LogP contribution in [0.15, 0.2) is 29.2 Å². The number of piperazine rings is 1. The van der Waals surface area contributed by atoms with E-state index in [9.17, 15) is 8.42 Å². The van der Waals surface area contributed by atoms with Crippen molar-refractivity contribution < 1.29 is 8.42 Å². The van der Waals surface area contributed by atoms with E-state index < -0.39 is 10.0 Å². The van der Waals surface area contributed by atoms with E-state index in [1.807, 2.05) is 12.1 Å². The summed E-state index contributed by atoms with van der Waals surface area (Å²) in [6, 6.07) is 7.24. The number of hydrogen-bond acceptors (Lipinski definition) is 4. The third kappa shape index (κ3) is 6.86. The standard InChI is InChI=1S/C16H27N3O2S.2ClH/c1-3-14(2)15-4-6-16(7-5-15)22(20,21)18-10-13-19-11-8-17-9-12-19;;/h4-7,14,17-18H,3,8-13H2,1-2H3;2*1H. The third-order valence-corrected chi connectivity index (χ3v) is 5.78. The van der Waals surface area contributed by atoms with Gasteiger partial charge in [0.2, 0.25) is 10.0 Å². The van der Waals surface area contributed by atoms with Crippen LogP contribution in [0.2, 0.25) is 0 Å². The van der Waals surface area contributed by atoms with Gasteiger partial charge in [0.05, 0.1) is 4.90 Å². The Morgan fingerprint density at radius 2 is 1.75 bits per heavy atom. The van der Waals surface area contributed by atoms with Crippen molar-refractivity contribution in [2.24, 2.45) is 0 Å². The SMILES string of the molecule is CCC(C)c1ccc(S(=O)(=O)NCCN2CCNCC2)cc1.Cl.Cl. The Morgan fingerprint density at radius 1 is 1.17 bits per heavy atom. The summed E-state index contributed by atoms with van der Waals surface area (Å²) >= 11 is 0. The summed E-state index contributed by atoms with van der Waals surface area (Å²) in [4.78, 5) is 2.62. The van der Waals surface area contributed by atoms with Gasteiger partial charge in [-0.25, -0.2) is 13.1 Å². The highest BCUT2D eigenvalue weighted by atomic mass is 35.5. The zero-order valence-electron chi connectivity index (χ0n) is 14.3. The second-order valence-electron chi connectivity index (χ2n) is 5.87. The monoisotopic (exact) mass is 397 g/mol. The first-order valence-corrected chi connectivity index (χ1v) is 9.54. The average Bonchev–Trinajstić information content (AvgIpc) is 2.55. The van der Waals surface area contributed by atoms with Crippen molar-refractivity contribution in [3.05, 3.63) is 29.8 Å². The quantitative estimate of drug-likeness (QED) is 0.740. The van der Waals surface area contributed by atoms with Crippen LogP contribution in [0.1, 0.15) is 31.7 Å². The van der Waals surface area contributed by atoms with Gasteiger partial charge in [-0.1, -0.05) is 26.0 Å². The largest absolute Gasteiger partial charge is 0.314 e. The molecule has 1 saturated heterocycles. The lowest BCUT2D eigenvalue weighted by atomic mass is 9.99. The Balaban J connectivity index is 0.00000264. The summed E-state index contributed by atoms with van der Waals surface area (Å²) < 4.78 is 27.3. The predicted molar refractivity (Wildman–Crippen MR) is 104 cm³/mol. The lowest BCUT2D eigenvalue weighted by Gasteiger charge is -2.27. The summed E-state index contributed by atoms with van der Waals surface area (Å²) in [5.74, 6) is 0.456. The first-order chi connectivity index (χ1) is 10.5. The number of hydrogen-bond donors (Lipinski definition) is 2. The van der Waals surface area contributed by atoms with Crippen LogP contribution in [0, 0.1) is 0 Å². The van der Waals surface area contributed by atoms with E-state index in [0.717, 1.165) is 39.1 Å². The van der Waals surface area contributed by atoms with E-state index in [1.54, 1.807) is 12.1 Å². The Labute approximate surface area is 158 Å². The molecule has 0 aliphatic carbocycles. The molecule has 0 bridgehead atoms. The molecule has 0 spiro atoms. The zero-order valence-corrected chi connectivity index (χ0v) is 16.8. The molecule has 8 heteroatoms. The van der Waals surface area contributed by atoms with Crippen LogP contribution < -0.4 is 10.0 Å². The minimum absolute atomic E-state index is 0. The topological polar surface area (TPSA) is 61.4 Å². The van der Waals surface area contributed by atoms with Gasteiger partial charge in [0.15, 0.2) is 0 Å². The maximum absolute atomic E-state index is 12.3. The van der Waals surface area contributed by atoms with E-state index in [0.29, 0.717) is 17.4 Å². The summed E-state index contributed by atoms with van der Waals surface area (Å²) in [6.45, 7) is 9.40. The van der Waals surface area contributed by atoms with E-state index in [-0.39, 0.29) is 24.8 Å². The second kappa shape index (κ2) is 11.3. The van der Waals surface area contributed by atoms with Crippen LogP contribution in [0.4, 0.5) is 0 Å². The molecule has 5 nitrogen and oxygen atoms in total. The van der Waals surface area contributed by atoms with E-state index in [4.69, 9.17) is 0 Å². The normalized spacial score (nSPS) is 16.8. The molecule has 0 amide bonds. The van der Waals surface area contributed by atoms with Crippen molar-refractivity contribution in [3.63, 3.8) is 0 Å². The van der Waals surface area contributed by atoms with Crippen molar-refractivity contribution in [1.82, 2.24) is 14.9 Å². The van der Waals surface area contributed by atoms with Crippen LogP contribution in [-0.4, -0.2) is 52.6 Å². The number of benzene rings is 1. The van der Waals surface area contributed by atoms with Crippen molar-refractivity contribution in [2.45, 2.75) is 31.1 Å². The van der Waals surface area contributed by atoms with Gasteiger partial charge < -0.3 is 5.32 Å². The Morgan fingerprint density at radius 3 is 2.29 bits per heavy atom. The smallest absolute Gasteiger partial charge is 0.240 e. The number of rotatable bonds is 7. The molecule has 24 heavy (non-hydrogen) atoms. The highest BCUT2D eigenvalue weighted by Gasteiger charge is 2.15. The van der Waals surface area contributed by atoms with Crippen LogP contribution in [0.5, 0.6) is 0 Å². The maximum atomic E-state index is 12.3. The molecule has 2 rings (SSSR count). The van der Waals surface area contributed by atoms with Crippen molar-refractivity contribution >= 4 is 34.8 Å². The molecule has 1 aromatic carbocycles. The fourth-order valence-electron chi connectivity index (χ4n) is 2.57. The molecule has 1 aliphatic heterocycles. The van der Waals surface area contributed by atoms with Gasteiger partial charge in [0.25, 0.3) is 0 Å². The number of nitrogens with zero attached hydrogens (tertiary/aromatic N) is 1. The van der Waals surface area contributed by atoms with Gasteiger partial charge in [-0.05, 0) is 30.0 Å². The molecule has 0 aromatic heterocycles. The Bertz CT molecular complexity index is 561. The Hall–Kier alpha value is -0.370. The predicted octanol–water partition coefficient (Wildman–Crippen LogP) is 2.23. The molecule has 1 unspecified atom stereocenters. The maximum Gasteiger partial charge on any atom is 0.240 e. The minimum Gasteiger partial charge on any atom is -0.314 e. The van der Waals surface area contributed by atoms with Gasteiger partial charge in [-0.3, -0.25) is 4.90 Å². The van der Waals surface area contributed by atoms with Crippen molar-refractivity contribution in [3.8, 4) is 0 Å². The van der Waals surface area contributed by atoms with Gasteiger partial charge in [-0.15, -0.1) is 24.8 Å². The lowest BCUT2D eigenvalue weighted by Crippen LogP contribution is -2.46. The summed E-state index contributed by atoms with van der Waals surface area (Å²) in [6.07, 6.45) is 1.05. The van der Waals surface area contributed by atoms with Gasteiger partial charge in [0, 0.05) is 39.3 Å². The van der Waals surface area contributed by atoms with Gasteiger partial charge in [-0.2, -0.15) is 0 Å². The van der Waals surface area contributed by atoms with Gasteiger partial charge >= 0.3 is 0 Å². The van der Waals surface area contributed by atoms with Crippen molar-refractivity contribution in [1.29, 1.82) is 0 Å². The minimum atomic E-state index is -3.40. The molecular formula is C16H29Cl2N3O2S. The van der Waals surface area contributed by atoms with Crippen molar-refractivity contribution in [2.75, 3.05) is 39.3 Å². The van der Waals surface area contributed by atoms with E-state index >= 15 is 0 Å². The van der Waals surface area contributed by atoms with E-state index in [2.05, 4.69) is 28.8 Å². The second-order valence-corrected chi connectivity index (χ2v) is 7.63.